The second-order valence-electron chi connectivity index (χ2n) is 5.45. The Hall–Kier alpha value is -1.10. The third-order valence-electron chi connectivity index (χ3n) is 1.95. The summed E-state index contributed by atoms with van der Waals surface area (Å²) in [5.74, 6) is 3.73. The van der Waals surface area contributed by atoms with E-state index < -0.39 is 0 Å². The molecule has 78 valence electrons. The minimum atomic E-state index is -0.359. The summed E-state index contributed by atoms with van der Waals surface area (Å²) in [5.41, 5.74) is 0.115. The normalized spacial score (nSPS) is 11.6. The van der Waals surface area contributed by atoms with E-state index in [1.54, 1.807) is 0 Å². The van der Waals surface area contributed by atoms with Crippen LogP contribution in [-0.4, -0.2) is 11.9 Å². The zero-order valence-corrected chi connectivity index (χ0v) is 9.82. The van der Waals surface area contributed by atoms with Gasteiger partial charge in [0.15, 0.2) is 0 Å². The minimum absolute atomic E-state index is 0.359. The van der Waals surface area contributed by atoms with E-state index in [9.17, 15) is 9.59 Å². The fourth-order valence-corrected chi connectivity index (χ4v) is 1.16. The van der Waals surface area contributed by atoms with Gasteiger partial charge in [-0.3, -0.25) is 0 Å². The molecule has 0 aromatic carbocycles. The van der Waals surface area contributed by atoms with E-state index in [2.05, 4.69) is 0 Å². The Bertz CT molecular complexity index is 277. The third-order valence-corrected chi connectivity index (χ3v) is 1.95. The van der Waals surface area contributed by atoms with Gasteiger partial charge in [-0.2, -0.15) is 0 Å². The van der Waals surface area contributed by atoms with Crippen molar-refractivity contribution in [3.05, 3.63) is 11.1 Å². The first-order valence-electron chi connectivity index (χ1n) is 4.66. The number of rotatable bonds is 1. The lowest BCUT2D eigenvalue weighted by Gasteiger charge is -2.27. The molecule has 0 aliphatic heterocycles. The molecule has 2 nitrogen and oxygen atoms in total. The zero-order valence-electron chi connectivity index (χ0n) is 9.82. The molecular formula is C12H18O2. The third kappa shape index (κ3) is 2.99. The molecule has 2 heteroatoms. The van der Waals surface area contributed by atoms with Gasteiger partial charge >= 0.3 is 0 Å². The van der Waals surface area contributed by atoms with Crippen LogP contribution >= 0.6 is 0 Å². The lowest BCUT2D eigenvalue weighted by Crippen LogP contribution is -2.21. The molecule has 0 heterocycles. The number of hydrogen-bond acceptors (Lipinski definition) is 2. The average molecular weight is 194 g/mol. The second-order valence-corrected chi connectivity index (χ2v) is 5.45. The van der Waals surface area contributed by atoms with E-state index in [0.29, 0.717) is 11.1 Å². The van der Waals surface area contributed by atoms with Crippen LogP contribution in [0.1, 0.15) is 41.5 Å². The van der Waals surface area contributed by atoms with Crippen molar-refractivity contribution in [1.82, 2.24) is 0 Å². The van der Waals surface area contributed by atoms with Crippen LogP contribution in [-0.2, 0) is 9.59 Å². The first kappa shape index (κ1) is 12.9. The summed E-state index contributed by atoms with van der Waals surface area (Å²) in [4.78, 5) is 21.7. The van der Waals surface area contributed by atoms with Crippen molar-refractivity contribution in [2.75, 3.05) is 0 Å². The monoisotopic (exact) mass is 194 g/mol. The fourth-order valence-electron chi connectivity index (χ4n) is 1.16. The summed E-state index contributed by atoms with van der Waals surface area (Å²) in [6, 6.07) is 0. The van der Waals surface area contributed by atoms with Gasteiger partial charge in [0.2, 0.25) is 0 Å². The highest BCUT2D eigenvalue weighted by Gasteiger charge is 2.30. The molecule has 0 bridgehead atoms. The minimum Gasteiger partial charge on any atom is -0.233 e. The second kappa shape index (κ2) is 3.96. The van der Waals surface area contributed by atoms with E-state index in [1.807, 2.05) is 53.4 Å². The van der Waals surface area contributed by atoms with Crippen LogP contribution < -0.4 is 0 Å². The highest BCUT2D eigenvalue weighted by Crippen LogP contribution is 2.36. The topological polar surface area (TPSA) is 34.1 Å². The molecule has 0 amide bonds. The summed E-state index contributed by atoms with van der Waals surface area (Å²) in [6.07, 6.45) is 0. The van der Waals surface area contributed by atoms with Gasteiger partial charge in [0.05, 0.1) is 11.1 Å². The van der Waals surface area contributed by atoms with E-state index in [4.69, 9.17) is 0 Å². The Labute approximate surface area is 85.7 Å². The predicted octanol–water partition coefficient (Wildman–Crippen LogP) is 2.59. The van der Waals surface area contributed by atoms with Crippen LogP contribution in [0.25, 0.3) is 0 Å². The molecule has 0 spiro atoms. The first-order chi connectivity index (χ1) is 6.14. The Balaban J connectivity index is 5.51. The smallest absolute Gasteiger partial charge is 0.129 e. The fraction of sp³-hybridized carbons (Fsp3) is 0.667. The number of carbonyl (C=O) groups excluding carboxylic acids is 2. The summed E-state index contributed by atoms with van der Waals surface area (Å²) in [7, 11) is 0. The molecule has 0 rings (SSSR count). The largest absolute Gasteiger partial charge is 0.233 e. The Kier molecular flexibility index (Phi) is 3.65. The van der Waals surface area contributed by atoms with Crippen LogP contribution in [0.4, 0.5) is 0 Å². The van der Waals surface area contributed by atoms with Crippen molar-refractivity contribution in [1.29, 1.82) is 0 Å². The molecule has 0 fully saturated rings. The molecule has 0 N–H and O–H groups in total. The summed E-state index contributed by atoms with van der Waals surface area (Å²) in [6.45, 7) is 11.3. The highest BCUT2D eigenvalue weighted by molar-refractivity contribution is 5.74. The molecule has 0 saturated heterocycles. The molecule has 0 unspecified atom stereocenters. The van der Waals surface area contributed by atoms with Gasteiger partial charge in [0.1, 0.15) is 11.9 Å². The molecule has 0 aromatic heterocycles. The van der Waals surface area contributed by atoms with Crippen molar-refractivity contribution in [2.24, 2.45) is 10.8 Å². The SMILES string of the molecule is CC(C)(C)C(=C=O)C(=C=O)C(C)(C)C. The quantitative estimate of drug-likeness (QED) is 0.475. The first-order valence-corrected chi connectivity index (χ1v) is 4.66. The lowest BCUT2D eigenvalue weighted by molar-refractivity contribution is 0.444. The van der Waals surface area contributed by atoms with Crippen molar-refractivity contribution in [2.45, 2.75) is 41.5 Å². The molecule has 0 aliphatic carbocycles. The molecule has 14 heavy (non-hydrogen) atoms. The maximum Gasteiger partial charge on any atom is 0.129 e. The zero-order chi connectivity index (χ0) is 11.6. The maximum absolute atomic E-state index is 10.8. The van der Waals surface area contributed by atoms with Gasteiger partial charge in [0, 0.05) is 0 Å². The van der Waals surface area contributed by atoms with Gasteiger partial charge in [-0.05, 0) is 10.8 Å². The lowest BCUT2D eigenvalue weighted by atomic mass is 9.74. The van der Waals surface area contributed by atoms with Gasteiger partial charge in [0.25, 0.3) is 0 Å². The van der Waals surface area contributed by atoms with Crippen LogP contribution in [0.2, 0.25) is 0 Å². The van der Waals surface area contributed by atoms with Crippen molar-refractivity contribution < 1.29 is 9.59 Å². The molecule has 0 aliphatic rings. The standard InChI is InChI=1S/C12H18O2/c1-11(2,3)9(7-13)10(8-14)12(4,5)6/h1-6H3. The molecule has 0 radical (unpaired) electrons. The van der Waals surface area contributed by atoms with Gasteiger partial charge in [-0.25, -0.2) is 9.59 Å². The summed E-state index contributed by atoms with van der Waals surface area (Å²) < 4.78 is 0. The van der Waals surface area contributed by atoms with Crippen LogP contribution in [0.15, 0.2) is 11.1 Å². The Morgan fingerprint density at radius 2 is 0.929 bits per heavy atom. The van der Waals surface area contributed by atoms with E-state index >= 15 is 0 Å². The van der Waals surface area contributed by atoms with Gasteiger partial charge < -0.3 is 0 Å². The Morgan fingerprint density at radius 3 is 1.00 bits per heavy atom. The van der Waals surface area contributed by atoms with Crippen LogP contribution in [0.5, 0.6) is 0 Å². The van der Waals surface area contributed by atoms with Crippen LogP contribution in [0, 0.1) is 10.8 Å². The predicted molar refractivity (Wildman–Crippen MR) is 57.3 cm³/mol. The molecule has 0 aromatic rings. The maximum atomic E-state index is 10.8. The molecule has 0 atom stereocenters. The number of hydrogen-bond donors (Lipinski definition) is 0. The van der Waals surface area contributed by atoms with Crippen molar-refractivity contribution >= 4 is 11.9 Å². The van der Waals surface area contributed by atoms with Crippen molar-refractivity contribution in [3.8, 4) is 0 Å². The summed E-state index contributed by atoms with van der Waals surface area (Å²) in [5, 5.41) is 0. The van der Waals surface area contributed by atoms with Crippen LogP contribution in [0.3, 0.4) is 0 Å². The van der Waals surface area contributed by atoms with Gasteiger partial charge in [-0.15, -0.1) is 0 Å². The van der Waals surface area contributed by atoms with E-state index in [1.165, 1.54) is 0 Å². The average Bonchev–Trinajstić information content (AvgIpc) is 1.94. The summed E-state index contributed by atoms with van der Waals surface area (Å²) >= 11 is 0. The Morgan fingerprint density at radius 1 is 0.714 bits per heavy atom. The van der Waals surface area contributed by atoms with Gasteiger partial charge in [-0.1, -0.05) is 41.5 Å². The molecule has 0 saturated carbocycles. The van der Waals surface area contributed by atoms with E-state index in [-0.39, 0.29) is 10.8 Å². The van der Waals surface area contributed by atoms with E-state index in [0.717, 1.165) is 0 Å². The molecular weight excluding hydrogens is 176 g/mol. The number of allylic oxidation sites excluding steroid dienone is 2. The van der Waals surface area contributed by atoms with Crippen molar-refractivity contribution in [3.63, 3.8) is 0 Å². The highest BCUT2D eigenvalue weighted by atomic mass is 16.1.